The molecule has 1 aromatic heterocycles. The van der Waals surface area contributed by atoms with Crippen LogP contribution < -0.4 is 41.4 Å². The normalized spacial score (nSPS) is 29.0. The number of nitrogens with one attached hydrogen (secondary N) is 6. The van der Waals surface area contributed by atoms with Crippen LogP contribution in [-0.4, -0.2) is 120 Å². The van der Waals surface area contributed by atoms with Gasteiger partial charge in [0.05, 0.1) is 12.0 Å². The smallest absolute Gasteiger partial charge is 0.265 e. The van der Waals surface area contributed by atoms with Crippen LogP contribution in [-0.2, 0) is 35.2 Å². The Morgan fingerprint density at radius 1 is 0.879 bits per heavy atom. The van der Waals surface area contributed by atoms with E-state index in [2.05, 4.69) is 31.9 Å². The molecule has 9 atom stereocenters. The first-order valence-corrected chi connectivity index (χ1v) is 20.8. The maximum Gasteiger partial charge on any atom is 0.265 e. The zero-order valence-corrected chi connectivity index (χ0v) is 33.9. The number of ether oxygens (including phenoxy) is 2. The van der Waals surface area contributed by atoms with Crippen LogP contribution in [0.5, 0.6) is 11.5 Å². The number of thiophene rings is 1. The highest BCUT2D eigenvalue weighted by Gasteiger charge is 2.45. The first-order valence-electron chi connectivity index (χ1n) is 19.9. The number of benzene rings is 1. The van der Waals surface area contributed by atoms with Crippen molar-refractivity contribution < 1.29 is 48.1 Å². The Morgan fingerprint density at radius 2 is 1.60 bits per heavy atom. The molecule has 3 aliphatic heterocycles. The first-order chi connectivity index (χ1) is 27.7. The maximum atomic E-state index is 14.7. The van der Waals surface area contributed by atoms with Crippen molar-refractivity contribution in [1.29, 1.82) is 0 Å². The minimum absolute atomic E-state index is 0.0248. The quantitative estimate of drug-likeness (QED) is 0.200. The summed E-state index contributed by atoms with van der Waals surface area (Å²) in [5.41, 5.74) is 0.669. The average Bonchev–Trinajstić information content (AvgIpc) is 3.94. The Morgan fingerprint density at radius 3 is 2.33 bits per heavy atom. The fraction of sp³-hybridized carbons (Fsp3) is 0.575. The van der Waals surface area contributed by atoms with E-state index in [1.807, 2.05) is 13.8 Å². The highest BCUT2D eigenvalue weighted by Crippen LogP contribution is 2.39. The molecule has 7 N–H and O–H groups in total. The monoisotopic (exact) mass is 823 g/mol. The summed E-state index contributed by atoms with van der Waals surface area (Å²) in [5, 5.41) is 29.2. The third-order valence-corrected chi connectivity index (χ3v) is 11.9. The predicted octanol–water partition coefficient (Wildman–Crippen LogP) is 0.146. The van der Waals surface area contributed by atoms with Crippen LogP contribution in [0.15, 0.2) is 35.7 Å². The van der Waals surface area contributed by atoms with Gasteiger partial charge in [0.2, 0.25) is 35.4 Å². The number of fused-ring (bicyclic) bond motifs is 3. The molecule has 58 heavy (non-hydrogen) atoms. The van der Waals surface area contributed by atoms with Gasteiger partial charge in [-0.25, -0.2) is 0 Å². The number of amides is 7. The topological polar surface area (TPSA) is 234 Å². The van der Waals surface area contributed by atoms with E-state index in [1.165, 1.54) is 18.7 Å². The number of hydrogen-bond acceptors (Lipinski definition) is 11. The molecule has 4 heterocycles. The first kappa shape index (κ1) is 42.4. The molecule has 0 radical (unpaired) electrons. The number of carbonyl (C=O) groups excluding carboxylic acids is 7. The van der Waals surface area contributed by atoms with Crippen molar-refractivity contribution in [2.75, 3.05) is 19.8 Å². The van der Waals surface area contributed by atoms with E-state index < -0.39 is 95.7 Å². The second kappa shape index (κ2) is 18.6. The van der Waals surface area contributed by atoms with Gasteiger partial charge in [-0.2, -0.15) is 0 Å². The highest BCUT2D eigenvalue weighted by molar-refractivity contribution is 7.12. The second-order valence-corrected chi connectivity index (χ2v) is 16.8. The minimum atomic E-state index is -1.53. The van der Waals surface area contributed by atoms with Crippen LogP contribution in [0.4, 0.5) is 0 Å². The number of nitrogens with zero attached hydrogens (tertiary/aromatic N) is 1. The molecule has 0 bridgehead atoms. The van der Waals surface area contributed by atoms with Crippen LogP contribution in [0.3, 0.4) is 0 Å². The summed E-state index contributed by atoms with van der Waals surface area (Å²) >= 11 is 1.14. The zero-order chi connectivity index (χ0) is 41.7. The Balaban J connectivity index is 1.34. The summed E-state index contributed by atoms with van der Waals surface area (Å²) < 4.78 is 11.3. The molecule has 2 saturated heterocycles. The van der Waals surface area contributed by atoms with Gasteiger partial charge in [-0.05, 0) is 51.0 Å². The molecular weight excluding hydrogens is 771 g/mol. The number of aliphatic hydroxyl groups excluding tert-OH is 1. The summed E-state index contributed by atoms with van der Waals surface area (Å²) in [6.07, 6.45) is 0.336. The van der Waals surface area contributed by atoms with Crippen molar-refractivity contribution in [3.05, 3.63) is 46.2 Å². The molecular formula is C40H53N7O10S. The molecule has 1 aliphatic carbocycles. The largest absolute Gasteiger partial charge is 0.485 e. The van der Waals surface area contributed by atoms with Gasteiger partial charge in [-0.1, -0.05) is 50.6 Å². The van der Waals surface area contributed by atoms with E-state index in [-0.39, 0.29) is 43.2 Å². The zero-order valence-electron chi connectivity index (χ0n) is 33.1. The number of rotatable bonds is 7. The van der Waals surface area contributed by atoms with Crippen LogP contribution >= 0.6 is 11.3 Å². The molecule has 3 fully saturated rings. The number of hydrogen-bond donors (Lipinski definition) is 7. The highest BCUT2D eigenvalue weighted by atomic mass is 32.1. The average molecular weight is 824 g/mol. The Bertz CT molecular complexity index is 1870. The molecule has 1 saturated carbocycles. The lowest BCUT2D eigenvalue weighted by molar-refractivity contribution is -0.143. The minimum Gasteiger partial charge on any atom is -0.485 e. The molecule has 1 unspecified atom stereocenters. The van der Waals surface area contributed by atoms with Gasteiger partial charge in [0.1, 0.15) is 48.3 Å². The van der Waals surface area contributed by atoms with Gasteiger partial charge >= 0.3 is 0 Å². The summed E-state index contributed by atoms with van der Waals surface area (Å²) in [6.45, 7) is 7.07. The molecule has 314 valence electrons. The van der Waals surface area contributed by atoms with Crippen LogP contribution in [0.1, 0.15) is 75.0 Å². The molecule has 0 spiro atoms. The van der Waals surface area contributed by atoms with Gasteiger partial charge in [-0.15, -0.1) is 11.3 Å². The summed E-state index contributed by atoms with van der Waals surface area (Å²) in [4.78, 5) is 99.2. The lowest BCUT2D eigenvalue weighted by Crippen LogP contribution is -2.61. The maximum absolute atomic E-state index is 14.7. The van der Waals surface area contributed by atoms with Crippen molar-refractivity contribution in [1.82, 2.24) is 36.8 Å². The molecule has 2 aromatic rings. The predicted molar refractivity (Wildman–Crippen MR) is 211 cm³/mol. The van der Waals surface area contributed by atoms with Crippen molar-refractivity contribution >= 4 is 52.7 Å². The fourth-order valence-electron chi connectivity index (χ4n) is 7.98. The molecule has 7 amide bonds. The lowest BCUT2D eigenvalue weighted by atomic mass is 9.98. The van der Waals surface area contributed by atoms with Crippen LogP contribution in [0.25, 0.3) is 0 Å². The molecule has 6 rings (SSSR count). The SMILES string of the molecule is CC(C)C[C@@H]1NC(=O)[C@@H]2CCC[C@H]2NC(=O)[C@H](C)NC(=O)C2C[C@@H](NC(=O)c3scc4c3OCCO4)CN2C(=O)[C@H](Cc2ccccc2)NC(=O)[C@H]([C@@H](C)O)NC1=O. The Hall–Kier alpha value is -5.23. The van der Waals surface area contributed by atoms with Crippen molar-refractivity contribution in [3.8, 4) is 11.5 Å². The van der Waals surface area contributed by atoms with Crippen LogP contribution in [0, 0.1) is 11.8 Å². The van der Waals surface area contributed by atoms with Crippen molar-refractivity contribution in [3.63, 3.8) is 0 Å². The molecule has 1 aromatic carbocycles. The van der Waals surface area contributed by atoms with E-state index in [4.69, 9.17) is 9.47 Å². The number of carbonyl (C=O) groups is 7. The van der Waals surface area contributed by atoms with Gasteiger partial charge in [0.15, 0.2) is 11.5 Å². The third kappa shape index (κ3) is 9.89. The fourth-order valence-corrected chi connectivity index (χ4v) is 8.82. The van der Waals surface area contributed by atoms with Gasteiger partial charge < -0.3 is 51.4 Å². The third-order valence-electron chi connectivity index (χ3n) is 11.0. The number of aliphatic hydroxyl groups is 1. The summed E-state index contributed by atoms with van der Waals surface area (Å²) in [7, 11) is 0. The van der Waals surface area contributed by atoms with Crippen molar-refractivity contribution in [2.45, 2.75) is 115 Å². The summed E-state index contributed by atoms with van der Waals surface area (Å²) in [5.74, 6) is -4.29. The van der Waals surface area contributed by atoms with Gasteiger partial charge in [0.25, 0.3) is 5.91 Å². The Kier molecular flexibility index (Phi) is 13.6. The van der Waals surface area contributed by atoms with Gasteiger partial charge in [0, 0.05) is 30.4 Å². The molecule has 18 heteroatoms. The van der Waals surface area contributed by atoms with Crippen LogP contribution in [0.2, 0.25) is 0 Å². The standard InChI is InChI=1S/C40H53N7O10S/c1-20(2)15-27-36(51)46-31(22(4)48)38(53)45-28(16-23-9-6-5-7-10-23)40(55)47-18-24(42-39(54)33-32-30(19-58-33)56-13-14-57-32)17-29(47)37(52)41-21(3)34(49)43-26-12-8-11-25(26)35(50)44-27/h5-7,9-10,19-22,24-29,31,48H,8,11-18H2,1-4H3,(H,41,52)(H,42,54)(H,43,49)(H,44,50)(H,45,53)(H,46,51)/t21-,22+,24+,25+,26+,27-,28-,29?,31-/m0/s1. The Labute approximate surface area is 340 Å². The van der Waals surface area contributed by atoms with Gasteiger partial charge in [-0.3, -0.25) is 33.6 Å². The second-order valence-electron chi connectivity index (χ2n) is 15.9. The lowest BCUT2D eigenvalue weighted by Gasteiger charge is -2.31. The van der Waals surface area contributed by atoms with E-state index in [0.29, 0.717) is 42.9 Å². The molecule has 17 nitrogen and oxygen atoms in total. The van der Waals surface area contributed by atoms with E-state index in [9.17, 15) is 38.7 Å². The van der Waals surface area contributed by atoms with E-state index in [0.717, 1.165) is 11.3 Å². The summed E-state index contributed by atoms with van der Waals surface area (Å²) in [6, 6.07) is 1.38. The van der Waals surface area contributed by atoms with E-state index in [1.54, 1.807) is 35.7 Å². The van der Waals surface area contributed by atoms with Crippen molar-refractivity contribution in [2.24, 2.45) is 11.8 Å². The molecule has 4 aliphatic rings. The van der Waals surface area contributed by atoms with E-state index >= 15 is 0 Å².